The Labute approximate surface area is 219 Å². The fourth-order valence-electron chi connectivity index (χ4n) is 4.28. The van der Waals surface area contributed by atoms with Gasteiger partial charge in [0.25, 0.3) is 0 Å². The first-order chi connectivity index (χ1) is 17.4. The van der Waals surface area contributed by atoms with Gasteiger partial charge < -0.3 is 19.8 Å². The van der Waals surface area contributed by atoms with Crippen LogP contribution >= 0.6 is 23.2 Å². The lowest BCUT2D eigenvalue weighted by atomic mass is 9.99. The van der Waals surface area contributed by atoms with E-state index in [-0.39, 0.29) is 38.3 Å². The lowest BCUT2D eigenvalue weighted by molar-refractivity contribution is -0.122. The highest BCUT2D eigenvalue weighted by Gasteiger charge is 2.36. The van der Waals surface area contributed by atoms with Gasteiger partial charge in [-0.15, -0.1) is 0 Å². The van der Waals surface area contributed by atoms with Gasteiger partial charge in [-0.2, -0.15) is 5.26 Å². The molecule has 7 nitrogen and oxygen atoms in total. The molecular formula is C27H25Cl2N3O4. The van der Waals surface area contributed by atoms with Crippen LogP contribution in [0, 0.1) is 11.3 Å². The highest BCUT2D eigenvalue weighted by molar-refractivity contribution is 6.34. The minimum atomic E-state index is -0.825. The molecule has 1 heterocycles. The van der Waals surface area contributed by atoms with E-state index in [0.717, 1.165) is 5.56 Å². The molecule has 0 spiro atoms. The van der Waals surface area contributed by atoms with E-state index in [1.54, 1.807) is 59.5 Å². The number of hydrogen-bond donors (Lipinski definition) is 2. The maximum Gasteiger partial charge on any atom is 0.241 e. The molecule has 1 aliphatic heterocycles. The Hall–Kier alpha value is -3.12. The molecule has 1 aliphatic rings. The number of carbonyl (C=O) groups is 1. The Balaban J connectivity index is 1.60. The smallest absolute Gasteiger partial charge is 0.241 e. The monoisotopic (exact) mass is 525 g/mol. The molecule has 3 aromatic carbocycles. The lowest BCUT2D eigenvalue weighted by Gasteiger charge is -2.42. The van der Waals surface area contributed by atoms with Gasteiger partial charge in [0.2, 0.25) is 5.91 Å². The Morgan fingerprint density at radius 2 is 1.81 bits per heavy atom. The highest BCUT2D eigenvalue weighted by Crippen LogP contribution is 2.38. The second-order valence-electron chi connectivity index (χ2n) is 8.46. The summed E-state index contributed by atoms with van der Waals surface area (Å²) in [5.74, 6) is 0.330. The average Bonchev–Trinajstić information content (AvgIpc) is 2.88. The molecular weight excluding hydrogens is 501 g/mol. The van der Waals surface area contributed by atoms with Crippen molar-refractivity contribution in [2.45, 2.75) is 12.1 Å². The van der Waals surface area contributed by atoms with Crippen molar-refractivity contribution < 1.29 is 19.7 Å². The Morgan fingerprint density at radius 1 is 1.08 bits per heavy atom. The summed E-state index contributed by atoms with van der Waals surface area (Å²) >= 11 is 12.7. The van der Waals surface area contributed by atoms with Crippen molar-refractivity contribution >= 4 is 34.8 Å². The van der Waals surface area contributed by atoms with Crippen LogP contribution in [0.1, 0.15) is 28.8 Å². The lowest BCUT2D eigenvalue weighted by Crippen LogP contribution is -2.53. The molecule has 2 N–H and O–H groups in total. The van der Waals surface area contributed by atoms with E-state index in [0.29, 0.717) is 39.2 Å². The number of nitrogens with zero attached hydrogens (tertiary/aromatic N) is 3. The Kier molecular flexibility index (Phi) is 8.47. The number of ether oxygens (including phenoxy) is 1. The van der Waals surface area contributed by atoms with Gasteiger partial charge in [0, 0.05) is 24.2 Å². The van der Waals surface area contributed by atoms with Crippen LogP contribution in [0.2, 0.25) is 10.0 Å². The Bertz CT molecular complexity index is 1250. The van der Waals surface area contributed by atoms with Crippen molar-refractivity contribution in [2.24, 2.45) is 0 Å². The van der Waals surface area contributed by atoms with Gasteiger partial charge in [0.15, 0.2) is 0 Å². The predicted molar refractivity (Wildman–Crippen MR) is 138 cm³/mol. The number of anilines is 1. The number of aliphatic hydroxyl groups excluding tert-OH is 2. The predicted octanol–water partition coefficient (Wildman–Crippen LogP) is 4.36. The van der Waals surface area contributed by atoms with E-state index in [1.165, 1.54) is 0 Å². The zero-order valence-corrected chi connectivity index (χ0v) is 20.9. The van der Waals surface area contributed by atoms with Gasteiger partial charge in [0.1, 0.15) is 12.4 Å². The van der Waals surface area contributed by atoms with Crippen molar-refractivity contribution in [2.75, 3.05) is 37.7 Å². The zero-order valence-electron chi connectivity index (χ0n) is 19.3. The van der Waals surface area contributed by atoms with Crippen LogP contribution in [-0.4, -0.2) is 53.9 Å². The summed E-state index contributed by atoms with van der Waals surface area (Å²) in [6, 6.07) is 20.8. The van der Waals surface area contributed by atoms with E-state index in [2.05, 4.69) is 6.07 Å². The number of halogens is 2. The second-order valence-corrected chi connectivity index (χ2v) is 9.30. The maximum atomic E-state index is 13.5. The standard InChI is InChI=1S/C27H25Cl2N3O4/c28-21-7-5-19(6-8-21)25-15-31(16-26(34)20-3-1-18(14-30)2-4-20)17-27(35)32(25)24-10-9-22(13-23(24)29)36-12-11-33/h1-10,13,25-26,33-34H,11-12,15-17H2/t25-,26?/m0/s1. The van der Waals surface area contributed by atoms with Crippen molar-refractivity contribution in [3.8, 4) is 11.8 Å². The molecule has 9 heteroatoms. The third kappa shape index (κ3) is 5.98. The van der Waals surface area contributed by atoms with Gasteiger partial charge in [-0.3, -0.25) is 9.69 Å². The number of benzene rings is 3. The molecule has 0 aromatic heterocycles. The molecule has 1 amide bonds. The minimum Gasteiger partial charge on any atom is -0.491 e. The number of β-amino-alcohol motifs (C(OH)–C–C–N with tert-alkyl or cyclic N) is 1. The van der Waals surface area contributed by atoms with Crippen LogP contribution in [0.5, 0.6) is 5.75 Å². The van der Waals surface area contributed by atoms with Gasteiger partial charge in [-0.25, -0.2) is 0 Å². The molecule has 4 rings (SSSR count). The molecule has 0 aliphatic carbocycles. The first kappa shape index (κ1) is 26.0. The zero-order chi connectivity index (χ0) is 25.7. The SMILES string of the molecule is N#Cc1ccc(C(O)CN2CC(=O)N(c3ccc(OCCO)cc3Cl)[C@H](c3ccc(Cl)cc3)C2)cc1. The maximum absolute atomic E-state index is 13.5. The van der Waals surface area contributed by atoms with Crippen molar-refractivity contribution in [1.82, 2.24) is 4.90 Å². The summed E-state index contributed by atoms with van der Waals surface area (Å²) in [7, 11) is 0. The van der Waals surface area contributed by atoms with E-state index in [9.17, 15) is 9.90 Å². The topological polar surface area (TPSA) is 97.0 Å². The summed E-state index contributed by atoms with van der Waals surface area (Å²) in [5.41, 5.74) is 2.61. The molecule has 0 bridgehead atoms. The second kappa shape index (κ2) is 11.7. The summed E-state index contributed by atoms with van der Waals surface area (Å²) in [6.07, 6.45) is -0.825. The summed E-state index contributed by atoms with van der Waals surface area (Å²) in [5, 5.41) is 29.8. The number of piperazine rings is 1. The summed E-state index contributed by atoms with van der Waals surface area (Å²) in [4.78, 5) is 17.1. The quantitative estimate of drug-likeness (QED) is 0.453. The third-order valence-electron chi connectivity index (χ3n) is 6.02. The number of carbonyl (C=O) groups excluding carboxylic acids is 1. The molecule has 186 valence electrons. The van der Waals surface area contributed by atoms with Crippen LogP contribution in [0.25, 0.3) is 0 Å². The largest absolute Gasteiger partial charge is 0.491 e. The summed E-state index contributed by atoms with van der Waals surface area (Å²) in [6.45, 7) is 0.822. The molecule has 3 aromatic rings. The van der Waals surface area contributed by atoms with Crippen molar-refractivity contribution in [3.63, 3.8) is 0 Å². The summed E-state index contributed by atoms with van der Waals surface area (Å²) < 4.78 is 5.44. The highest BCUT2D eigenvalue weighted by atomic mass is 35.5. The fraction of sp³-hybridized carbons (Fsp3) is 0.259. The van der Waals surface area contributed by atoms with Crippen LogP contribution < -0.4 is 9.64 Å². The first-order valence-electron chi connectivity index (χ1n) is 11.4. The van der Waals surface area contributed by atoms with Crippen LogP contribution in [0.4, 0.5) is 5.69 Å². The normalized spacial score (nSPS) is 17.0. The number of nitriles is 1. The first-order valence-corrected chi connectivity index (χ1v) is 12.2. The molecule has 1 saturated heterocycles. The van der Waals surface area contributed by atoms with Gasteiger partial charge in [0.05, 0.1) is 47.6 Å². The number of hydrogen-bond acceptors (Lipinski definition) is 6. The number of amides is 1. The van der Waals surface area contributed by atoms with E-state index in [4.69, 9.17) is 38.3 Å². The van der Waals surface area contributed by atoms with Crippen molar-refractivity contribution in [3.05, 3.63) is 93.5 Å². The van der Waals surface area contributed by atoms with Crippen LogP contribution in [0.15, 0.2) is 66.7 Å². The number of aliphatic hydroxyl groups is 2. The van der Waals surface area contributed by atoms with E-state index >= 15 is 0 Å². The molecule has 1 fully saturated rings. The average molecular weight is 526 g/mol. The van der Waals surface area contributed by atoms with Crippen LogP contribution in [0.3, 0.4) is 0 Å². The molecule has 0 radical (unpaired) electrons. The Morgan fingerprint density at radius 3 is 2.44 bits per heavy atom. The van der Waals surface area contributed by atoms with Gasteiger partial charge in [-0.1, -0.05) is 47.5 Å². The molecule has 0 saturated carbocycles. The molecule has 36 heavy (non-hydrogen) atoms. The minimum absolute atomic E-state index is 0.0938. The van der Waals surface area contributed by atoms with Crippen molar-refractivity contribution in [1.29, 1.82) is 5.26 Å². The van der Waals surface area contributed by atoms with Gasteiger partial charge >= 0.3 is 0 Å². The van der Waals surface area contributed by atoms with Gasteiger partial charge in [-0.05, 0) is 47.5 Å². The fourth-order valence-corrected chi connectivity index (χ4v) is 4.67. The van der Waals surface area contributed by atoms with Crippen LogP contribution in [-0.2, 0) is 4.79 Å². The molecule has 2 atom stereocenters. The van der Waals surface area contributed by atoms with E-state index in [1.807, 2.05) is 17.0 Å². The molecule has 1 unspecified atom stereocenters. The number of rotatable bonds is 8. The van der Waals surface area contributed by atoms with E-state index < -0.39 is 6.10 Å². The third-order valence-corrected chi connectivity index (χ3v) is 6.57.